The van der Waals surface area contributed by atoms with Crippen molar-refractivity contribution < 1.29 is 13.3 Å². The molecule has 0 N–H and O–H groups in total. The SMILES string of the molecule is CC(C)(C)c1nc(-c2ccc(C3CC3)c(CCCC(F)F)c2)no1. The molecule has 3 rings (SSSR count). The summed E-state index contributed by atoms with van der Waals surface area (Å²) in [5.74, 6) is 1.76. The lowest BCUT2D eigenvalue weighted by atomic mass is 9.95. The summed E-state index contributed by atoms with van der Waals surface area (Å²) in [6, 6.07) is 6.18. The topological polar surface area (TPSA) is 38.9 Å². The number of aryl methyl sites for hydroxylation is 1. The standard InChI is InChI=1S/C19H24F2N2O/c1-19(2,3)18-22-17(23-24-18)14-9-10-15(12-7-8-12)13(11-14)5-4-6-16(20)21/h9-12,16H,4-8H2,1-3H3. The Morgan fingerprint density at radius 2 is 2.00 bits per heavy atom. The van der Waals surface area contributed by atoms with Crippen LogP contribution < -0.4 is 0 Å². The molecule has 130 valence electrons. The first-order chi connectivity index (χ1) is 11.3. The molecule has 0 aliphatic heterocycles. The number of nitrogens with zero attached hydrogens (tertiary/aromatic N) is 2. The zero-order valence-electron chi connectivity index (χ0n) is 14.5. The summed E-state index contributed by atoms with van der Waals surface area (Å²) < 4.78 is 30.2. The predicted octanol–water partition coefficient (Wildman–Crippen LogP) is 5.50. The van der Waals surface area contributed by atoms with Crippen LogP contribution in [0.1, 0.15) is 69.4 Å². The van der Waals surface area contributed by atoms with Crippen LogP contribution in [0.3, 0.4) is 0 Å². The first-order valence-corrected chi connectivity index (χ1v) is 8.60. The smallest absolute Gasteiger partial charge is 0.238 e. The van der Waals surface area contributed by atoms with Crippen molar-refractivity contribution in [2.75, 3.05) is 0 Å². The molecular formula is C19H24F2N2O. The minimum atomic E-state index is -2.23. The minimum Gasteiger partial charge on any atom is -0.338 e. The van der Waals surface area contributed by atoms with Gasteiger partial charge in [0.1, 0.15) is 0 Å². The normalized spacial score (nSPS) is 15.2. The summed E-state index contributed by atoms with van der Waals surface area (Å²) in [5, 5.41) is 4.09. The maximum atomic E-state index is 12.4. The lowest BCUT2D eigenvalue weighted by Gasteiger charge is -2.11. The van der Waals surface area contributed by atoms with Crippen LogP contribution in [-0.2, 0) is 11.8 Å². The molecular weight excluding hydrogens is 310 g/mol. The van der Waals surface area contributed by atoms with Crippen LogP contribution in [0.25, 0.3) is 11.4 Å². The van der Waals surface area contributed by atoms with E-state index in [1.54, 1.807) is 0 Å². The third-order valence-corrected chi connectivity index (χ3v) is 4.35. The van der Waals surface area contributed by atoms with Crippen molar-refractivity contribution in [1.29, 1.82) is 0 Å². The monoisotopic (exact) mass is 334 g/mol. The molecule has 1 saturated carbocycles. The van der Waals surface area contributed by atoms with Crippen LogP contribution in [-0.4, -0.2) is 16.6 Å². The van der Waals surface area contributed by atoms with Crippen molar-refractivity contribution in [2.24, 2.45) is 0 Å². The molecule has 0 atom stereocenters. The van der Waals surface area contributed by atoms with Gasteiger partial charge in [0.05, 0.1) is 0 Å². The van der Waals surface area contributed by atoms with Crippen molar-refractivity contribution >= 4 is 0 Å². The Morgan fingerprint density at radius 3 is 2.58 bits per heavy atom. The summed E-state index contributed by atoms with van der Waals surface area (Å²) in [7, 11) is 0. The molecule has 3 nitrogen and oxygen atoms in total. The molecule has 0 bridgehead atoms. The maximum absolute atomic E-state index is 12.4. The summed E-state index contributed by atoms with van der Waals surface area (Å²) in [4.78, 5) is 4.49. The van der Waals surface area contributed by atoms with Crippen LogP contribution in [0.5, 0.6) is 0 Å². The highest BCUT2D eigenvalue weighted by atomic mass is 19.3. The van der Waals surface area contributed by atoms with Crippen LogP contribution in [0, 0.1) is 0 Å². The Bertz CT molecular complexity index is 700. The average Bonchev–Trinajstić information content (AvgIpc) is 3.21. The molecule has 24 heavy (non-hydrogen) atoms. The van der Waals surface area contributed by atoms with Crippen LogP contribution in [0.4, 0.5) is 8.78 Å². The highest BCUT2D eigenvalue weighted by Gasteiger charge is 2.27. The average molecular weight is 334 g/mol. The second-order valence-corrected chi connectivity index (χ2v) is 7.64. The third-order valence-electron chi connectivity index (χ3n) is 4.35. The summed E-state index contributed by atoms with van der Waals surface area (Å²) in [6.07, 6.45) is 1.28. The number of hydrogen-bond donors (Lipinski definition) is 0. The van der Waals surface area contributed by atoms with Gasteiger partial charge >= 0.3 is 0 Å². The van der Waals surface area contributed by atoms with Gasteiger partial charge in [-0.3, -0.25) is 0 Å². The number of rotatable bonds is 6. The van der Waals surface area contributed by atoms with Crippen molar-refractivity contribution in [2.45, 2.75) is 70.6 Å². The van der Waals surface area contributed by atoms with Gasteiger partial charge in [-0.25, -0.2) is 8.78 Å². The molecule has 1 aromatic heterocycles. The second-order valence-electron chi connectivity index (χ2n) is 7.64. The van der Waals surface area contributed by atoms with E-state index >= 15 is 0 Å². The van der Waals surface area contributed by atoms with E-state index in [1.807, 2.05) is 26.8 Å². The Hall–Kier alpha value is -1.78. The van der Waals surface area contributed by atoms with Crippen molar-refractivity contribution in [3.05, 3.63) is 35.2 Å². The van der Waals surface area contributed by atoms with Gasteiger partial charge in [-0.2, -0.15) is 4.98 Å². The Balaban J connectivity index is 1.84. The van der Waals surface area contributed by atoms with Crippen LogP contribution in [0.15, 0.2) is 22.7 Å². The van der Waals surface area contributed by atoms with Crippen molar-refractivity contribution in [3.8, 4) is 11.4 Å². The molecule has 0 amide bonds. The summed E-state index contributed by atoms with van der Waals surface area (Å²) in [6.45, 7) is 6.07. The number of alkyl halides is 2. The Labute approximate surface area is 141 Å². The predicted molar refractivity (Wildman–Crippen MR) is 89.4 cm³/mol. The number of hydrogen-bond acceptors (Lipinski definition) is 3. The molecule has 5 heteroatoms. The van der Waals surface area contributed by atoms with Crippen molar-refractivity contribution in [1.82, 2.24) is 10.1 Å². The maximum Gasteiger partial charge on any atom is 0.238 e. The van der Waals surface area contributed by atoms with E-state index in [-0.39, 0.29) is 11.8 Å². The van der Waals surface area contributed by atoms with E-state index < -0.39 is 6.43 Å². The number of benzene rings is 1. The van der Waals surface area contributed by atoms with E-state index in [2.05, 4.69) is 22.3 Å². The molecule has 0 unspecified atom stereocenters. The van der Waals surface area contributed by atoms with E-state index in [0.29, 0.717) is 30.5 Å². The molecule has 1 fully saturated rings. The molecule has 1 heterocycles. The highest BCUT2D eigenvalue weighted by Crippen LogP contribution is 2.42. The van der Waals surface area contributed by atoms with Gasteiger partial charge in [0.2, 0.25) is 18.1 Å². The largest absolute Gasteiger partial charge is 0.338 e. The fourth-order valence-electron chi connectivity index (χ4n) is 2.85. The van der Waals surface area contributed by atoms with E-state index in [4.69, 9.17) is 4.52 Å². The lowest BCUT2D eigenvalue weighted by molar-refractivity contribution is 0.135. The lowest BCUT2D eigenvalue weighted by Crippen LogP contribution is -2.11. The van der Waals surface area contributed by atoms with Gasteiger partial charge in [0.15, 0.2) is 0 Å². The summed E-state index contributed by atoms with van der Waals surface area (Å²) in [5.41, 5.74) is 3.15. The van der Waals surface area contributed by atoms with E-state index in [9.17, 15) is 8.78 Å². The fraction of sp³-hybridized carbons (Fsp3) is 0.579. The zero-order chi connectivity index (χ0) is 17.3. The molecule has 0 spiro atoms. The highest BCUT2D eigenvalue weighted by molar-refractivity contribution is 5.58. The van der Waals surface area contributed by atoms with E-state index in [0.717, 1.165) is 11.1 Å². The van der Waals surface area contributed by atoms with Gasteiger partial charge in [0, 0.05) is 17.4 Å². The Kier molecular flexibility index (Phi) is 4.70. The van der Waals surface area contributed by atoms with Gasteiger partial charge in [-0.1, -0.05) is 38.1 Å². The fourth-order valence-corrected chi connectivity index (χ4v) is 2.85. The van der Waals surface area contributed by atoms with E-state index in [1.165, 1.54) is 18.4 Å². The quantitative estimate of drug-likeness (QED) is 0.700. The molecule has 0 saturated heterocycles. The van der Waals surface area contributed by atoms with Gasteiger partial charge in [0.25, 0.3) is 0 Å². The molecule has 0 radical (unpaired) electrons. The first-order valence-electron chi connectivity index (χ1n) is 8.60. The second kappa shape index (κ2) is 6.61. The molecule has 1 aliphatic carbocycles. The molecule has 2 aromatic rings. The first kappa shape index (κ1) is 17.1. The van der Waals surface area contributed by atoms with Crippen molar-refractivity contribution in [3.63, 3.8) is 0 Å². The van der Waals surface area contributed by atoms with Crippen LogP contribution in [0.2, 0.25) is 0 Å². The minimum absolute atomic E-state index is 0.0509. The van der Waals surface area contributed by atoms with Gasteiger partial charge in [-0.05, 0) is 48.8 Å². The Morgan fingerprint density at radius 1 is 1.25 bits per heavy atom. The van der Waals surface area contributed by atoms with Crippen LogP contribution >= 0.6 is 0 Å². The van der Waals surface area contributed by atoms with Gasteiger partial charge in [-0.15, -0.1) is 0 Å². The number of aromatic nitrogens is 2. The molecule has 1 aliphatic rings. The third kappa shape index (κ3) is 4.00. The molecule has 1 aromatic carbocycles. The number of halogens is 2. The van der Waals surface area contributed by atoms with Gasteiger partial charge < -0.3 is 4.52 Å². The zero-order valence-corrected chi connectivity index (χ0v) is 14.5. The summed E-state index contributed by atoms with van der Waals surface area (Å²) >= 11 is 0.